The maximum atomic E-state index is 10.9. The standard InChI is InChI=1S/C11H17NO/c1-9(13)6-10-4-3-5-11(7-10)8-12-2/h3,5,7,10,12H,4,6,8H2,1-2H3. The second kappa shape index (κ2) is 4.97. The molecule has 0 bridgehead atoms. The van der Waals surface area contributed by atoms with Gasteiger partial charge in [0.2, 0.25) is 0 Å². The van der Waals surface area contributed by atoms with Crippen LogP contribution in [-0.2, 0) is 4.79 Å². The lowest BCUT2D eigenvalue weighted by atomic mass is 9.92. The minimum absolute atomic E-state index is 0.278. The van der Waals surface area contributed by atoms with Gasteiger partial charge >= 0.3 is 0 Å². The van der Waals surface area contributed by atoms with Gasteiger partial charge in [-0.2, -0.15) is 0 Å². The van der Waals surface area contributed by atoms with E-state index in [0.29, 0.717) is 12.3 Å². The number of nitrogens with one attached hydrogen (secondary N) is 1. The molecule has 1 N–H and O–H groups in total. The molecule has 72 valence electrons. The fraction of sp³-hybridized carbons (Fsp3) is 0.545. The predicted octanol–water partition coefficient (Wildman–Crippen LogP) is 1.69. The van der Waals surface area contributed by atoms with Crippen LogP contribution in [0.15, 0.2) is 23.8 Å². The Balaban J connectivity index is 2.51. The van der Waals surface area contributed by atoms with Gasteiger partial charge < -0.3 is 10.1 Å². The predicted molar refractivity (Wildman–Crippen MR) is 54.6 cm³/mol. The highest BCUT2D eigenvalue weighted by atomic mass is 16.1. The third-order valence-corrected chi connectivity index (χ3v) is 2.15. The van der Waals surface area contributed by atoms with E-state index >= 15 is 0 Å². The van der Waals surface area contributed by atoms with Gasteiger partial charge in [0, 0.05) is 13.0 Å². The van der Waals surface area contributed by atoms with E-state index in [1.165, 1.54) is 5.57 Å². The third kappa shape index (κ3) is 3.55. The van der Waals surface area contributed by atoms with Crippen molar-refractivity contribution in [3.8, 4) is 0 Å². The molecule has 0 aromatic heterocycles. The summed E-state index contributed by atoms with van der Waals surface area (Å²) in [6, 6.07) is 0. The molecule has 0 radical (unpaired) electrons. The van der Waals surface area contributed by atoms with Crippen molar-refractivity contribution in [2.45, 2.75) is 19.8 Å². The SMILES string of the molecule is CNCC1=CC(CC(C)=O)CC=C1. The van der Waals surface area contributed by atoms with Gasteiger partial charge in [0.25, 0.3) is 0 Å². The van der Waals surface area contributed by atoms with E-state index in [1.54, 1.807) is 6.92 Å². The molecule has 1 unspecified atom stereocenters. The summed E-state index contributed by atoms with van der Waals surface area (Å²) in [6.45, 7) is 2.55. The first-order chi connectivity index (χ1) is 6.22. The monoisotopic (exact) mass is 179 g/mol. The van der Waals surface area contributed by atoms with Crippen LogP contribution in [0.5, 0.6) is 0 Å². The van der Waals surface area contributed by atoms with Gasteiger partial charge in [-0.15, -0.1) is 0 Å². The number of likely N-dealkylation sites (N-methyl/N-ethyl adjacent to an activating group) is 1. The molecule has 0 amide bonds. The minimum atomic E-state index is 0.278. The Morgan fingerprint density at radius 1 is 1.69 bits per heavy atom. The van der Waals surface area contributed by atoms with Crippen LogP contribution < -0.4 is 5.32 Å². The van der Waals surface area contributed by atoms with E-state index in [4.69, 9.17) is 0 Å². The number of carbonyl (C=O) groups is 1. The van der Waals surface area contributed by atoms with Crippen molar-refractivity contribution in [1.29, 1.82) is 0 Å². The highest BCUT2D eigenvalue weighted by Gasteiger charge is 2.10. The molecule has 0 saturated carbocycles. The molecule has 0 aliphatic heterocycles. The first kappa shape index (κ1) is 10.2. The second-order valence-electron chi connectivity index (χ2n) is 3.58. The summed E-state index contributed by atoms with van der Waals surface area (Å²) < 4.78 is 0. The fourth-order valence-corrected chi connectivity index (χ4v) is 1.65. The van der Waals surface area contributed by atoms with Crippen LogP contribution in [0.1, 0.15) is 19.8 Å². The quantitative estimate of drug-likeness (QED) is 0.711. The molecular formula is C11H17NO. The Labute approximate surface area is 79.7 Å². The van der Waals surface area contributed by atoms with Crippen LogP contribution in [0.25, 0.3) is 0 Å². The smallest absolute Gasteiger partial charge is 0.130 e. The molecule has 13 heavy (non-hydrogen) atoms. The van der Waals surface area contributed by atoms with Crippen LogP contribution in [0.2, 0.25) is 0 Å². The van der Waals surface area contributed by atoms with Gasteiger partial charge in [0.15, 0.2) is 0 Å². The van der Waals surface area contributed by atoms with E-state index in [1.807, 2.05) is 7.05 Å². The summed E-state index contributed by atoms with van der Waals surface area (Å²) in [5.74, 6) is 0.700. The van der Waals surface area contributed by atoms with Gasteiger partial charge in [-0.25, -0.2) is 0 Å². The van der Waals surface area contributed by atoms with E-state index in [9.17, 15) is 4.79 Å². The first-order valence-corrected chi connectivity index (χ1v) is 4.73. The van der Waals surface area contributed by atoms with E-state index in [2.05, 4.69) is 23.5 Å². The van der Waals surface area contributed by atoms with Crippen LogP contribution in [0.4, 0.5) is 0 Å². The topological polar surface area (TPSA) is 29.1 Å². The van der Waals surface area contributed by atoms with Crippen LogP contribution in [0, 0.1) is 5.92 Å². The zero-order chi connectivity index (χ0) is 9.68. The first-order valence-electron chi connectivity index (χ1n) is 4.73. The van der Waals surface area contributed by atoms with E-state index in [0.717, 1.165) is 13.0 Å². The van der Waals surface area contributed by atoms with Crippen molar-refractivity contribution >= 4 is 5.78 Å². The molecule has 1 aliphatic rings. The molecule has 0 fully saturated rings. The molecule has 1 atom stereocenters. The van der Waals surface area contributed by atoms with Crippen molar-refractivity contribution < 1.29 is 4.79 Å². The Hall–Kier alpha value is -0.890. The number of hydrogen-bond donors (Lipinski definition) is 1. The van der Waals surface area contributed by atoms with Crippen molar-refractivity contribution in [2.24, 2.45) is 5.92 Å². The largest absolute Gasteiger partial charge is 0.316 e. The van der Waals surface area contributed by atoms with Gasteiger partial charge in [0.05, 0.1) is 0 Å². The Kier molecular flexibility index (Phi) is 3.90. The molecule has 2 nitrogen and oxygen atoms in total. The average Bonchev–Trinajstić information content (AvgIpc) is 2.04. The molecule has 0 aromatic rings. The van der Waals surface area contributed by atoms with Crippen LogP contribution in [0.3, 0.4) is 0 Å². The summed E-state index contributed by atoms with van der Waals surface area (Å²) in [5, 5.41) is 3.11. The summed E-state index contributed by atoms with van der Waals surface area (Å²) in [4.78, 5) is 10.9. The summed E-state index contributed by atoms with van der Waals surface area (Å²) in [6.07, 6.45) is 8.18. The number of ketones is 1. The van der Waals surface area contributed by atoms with Crippen molar-refractivity contribution in [1.82, 2.24) is 5.32 Å². The molecule has 1 rings (SSSR count). The highest BCUT2D eigenvalue weighted by molar-refractivity contribution is 5.76. The molecule has 0 heterocycles. The number of carbonyl (C=O) groups excluding carboxylic acids is 1. The molecule has 1 aliphatic carbocycles. The number of allylic oxidation sites excluding steroid dienone is 2. The van der Waals surface area contributed by atoms with Gasteiger partial charge in [-0.05, 0) is 31.9 Å². The molecule has 2 heteroatoms. The maximum Gasteiger partial charge on any atom is 0.130 e. The normalized spacial score (nSPS) is 21.4. The summed E-state index contributed by atoms with van der Waals surface area (Å²) in [5.41, 5.74) is 1.29. The van der Waals surface area contributed by atoms with Gasteiger partial charge in [0.1, 0.15) is 5.78 Å². The lowest BCUT2D eigenvalue weighted by Crippen LogP contribution is -2.13. The lowest BCUT2D eigenvalue weighted by Gasteiger charge is -2.15. The Bertz CT molecular complexity index is 240. The van der Waals surface area contributed by atoms with Gasteiger partial charge in [-0.3, -0.25) is 0 Å². The molecular weight excluding hydrogens is 162 g/mol. The summed E-state index contributed by atoms with van der Waals surface area (Å²) in [7, 11) is 1.93. The highest BCUT2D eigenvalue weighted by Crippen LogP contribution is 2.19. The van der Waals surface area contributed by atoms with E-state index < -0.39 is 0 Å². The number of hydrogen-bond acceptors (Lipinski definition) is 2. The number of Topliss-reactive ketones (excluding diaryl/α,β-unsaturated/α-hetero) is 1. The fourth-order valence-electron chi connectivity index (χ4n) is 1.65. The molecule has 0 aromatic carbocycles. The lowest BCUT2D eigenvalue weighted by molar-refractivity contribution is -0.117. The molecule has 0 spiro atoms. The Morgan fingerprint density at radius 3 is 3.08 bits per heavy atom. The van der Waals surface area contributed by atoms with Crippen molar-refractivity contribution in [3.63, 3.8) is 0 Å². The zero-order valence-electron chi connectivity index (χ0n) is 8.34. The maximum absolute atomic E-state index is 10.9. The van der Waals surface area contributed by atoms with Crippen molar-refractivity contribution in [3.05, 3.63) is 23.8 Å². The van der Waals surface area contributed by atoms with Gasteiger partial charge in [-0.1, -0.05) is 18.2 Å². The minimum Gasteiger partial charge on any atom is -0.316 e. The second-order valence-corrected chi connectivity index (χ2v) is 3.58. The van der Waals surface area contributed by atoms with E-state index in [-0.39, 0.29) is 5.78 Å². The average molecular weight is 179 g/mol. The third-order valence-electron chi connectivity index (χ3n) is 2.15. The van der Waals surface area contributed by atoms with Crippen LogP contribution in [-0.4, -0.2) is 19.4 Å². The molecule has 0 saturated heterocycles. The van der Waals surface area contributed by atoms with Crippen molar-refractivity contribution in [2.75, 3.05) is 13.6 Å². The summed E-state index contributed by atoms with van der Waals surface area (Å²) >= 11 is 0. The number of rotatable bonds is 4. The zero-order valence-corrected chi connectivity index (χ0v) is 8.34. The Morgan fingerprint density at radius 2 is 2.46 bits per heavy atom. The van der Waals surface area contributed by atoms with Crippen LogP contribution >= 0.6 is 0 Å².